The SMILES string of the molecule is CN1C[C@@H](Oc2ccc(F)c(F)c2)CC(C(=O)NO)C1C(=O)N1CCN(c2ccccc2)CC1. The van der Waals surface area contributed by atoms with Crippen LogP contribution in [0.3, 0.4) is 0 Å². The van der Waals surface area contributed by atoms with Crippen molar-refractivity contribution in [3.05, 3.63) is 60.2 Å². The summed E-state index contributed by atoms with van der Waals surface area (Å²) in [5.74, 6) is -3.64. The molecule has 2 aliphatic rings. The van der Waals surface area contributed by atoms with Gasteiger partial charge in [-0.2, -0.15) is 0 Å². The molecule has 0 aromatic heterocycles. The van der Waals surface area contributed by atoms with Gasteiger partial charge < -0.3 is 14.5 Å². The third-order valence-corrected chi connectivity index (χ3v) is 6.47. The van der Waals surface area contributed by atoms with E-state index in [2.05, 4.69) is 4.90 Å². The number of nitrogens with one attached hydrogen (secondary N) is 1. The van der Waals surface area contributed by atoms with Crippen molar-refractivity contribution in [1.82, 2.24) is 15.3 Å². The van der Waals surface area contributed by atoms with Crippen molar-refractivity contribution in [3.8, 4) is 5.75 Å². The first-order chi connectivity index (χ1) is 16.4. The van der Waals surface area contributed by atoms with Crippen LogP contribution in [0.5, 0.6) is 5.75 Å². The highest BCUT2D eigenvalue weighted by atomic mass is 19.2. The van der Waals surface area contributed by atoms with Crippen LogP contribution in [-0.4, -0.2) is 78.7 Å². The van der Waals surface area contributed by atoms with E-state index < -0.39 is 35.6 Å². The Labute approximate surface area is 196 Å². The molecule has 2 N–H and O–H groups in total. The molecule has 10 heteroatoms. The Bertz CT molecular complexity index is 1020. The van der Waals surface area contributed by atoms with Crippen molar-refractivity contribution < 1.29 is 28.3 Å². The Morgan fingerprint density at radius 1 is 1.03 bits per heavy atom. The number of piperidine rings is 1. The molecule has 8 nitrogen and oxygen atoms in total. The summed E-state index contributed by atoms with van der Waals surface area (Å²) in [7, 11) is 1.71. The van der Waals surface area contributed by atoms with E-state index in [-0.39, 0.29) is 18.1 Å². The van der Waals surface area contributed by atoms with E-state index >= 15 is 0 Å². The van der Waals surface area contributed by atoms with E-state index in [1.165, 1.54) is 6.07 Å². The van der Waals surface area contributed by atoms with Crippen LogP contribution in [0.25, 0.3) is 0 Å². The number of likely N-dealkylation sites (tertiary alicyclic amines) is 1. The van der Waals surface area contributed by atoms with Gasteiger partial charge in [0.05, 0.1) is 5.92 Å². The first-order valence-electron chi connectivity index (χ1n) is 11.2. The van der Waals surface area contributed by atoms with Gasteiger partial charge in [0.25, 0.3) is 0 Å². The number of para-hydroxylation sites is 1. The summed E-state index contributed by atoms with van der Waals surface area (Å²) in [6.45, 7) is 2.67. The zero-order valence-corrected chi connectivity index (χ0v) is 18.9. The predicted molar refractivity (Wildman–Crippen MR) is 120 cm³/mol. The van der Waals surface area contributed by atoms with Gasteiger partial charge in [-0.3, -0.25) is 19.7 Å². The van der Waals surface area contributed by atoms with E-state index in [0.717, 1.165) is 17.8 Å². The molecule has 3 atom stereocenters. The summed E-state index contributed by atoms with van der Waals surface area (Å²) < 4.78 is 32.6. The van der Waals surface area contributed by atoms with Crippen molar-refractivity contribution in [2.45, 2.75) is 18.6 Å². The fourth-order valence-electron chi connectivity index (χ4n) is 4.76. The number of nitrogens with zero attached hydrogens (tertiary/aromatic N) is 3. The number of benzene rings is 2. The number of likely N-dealkylation sites (N-methyl/N-ethyl adjacent to an activating group) is 1. The molecule has 2 aliphatic heterocycles. The third-order valence-electron chi connectivity index (χ3n) is 6.47. The first-order valence-corrected chi connectivity index (χ1v) is 11.2. The van der Waals surface area contributed by atoms with E-state index in [4.69, 9.17) is 4.74 Å². The summed E-state index contributed by atoms with van der Waals surface area (Å²) in [5, 5.41) is 9.31. The van der Waals surface area contributed by atoms with Crippen LogP contribution in [-0.2, 0) is 9.59 Å². The summed E-state index contributed by atoms with van der Waals surface area (Å²) in [6.07, 6.45) is -0.424. The molecule has 182 valence electrons. The molecule has 2 saturated heterocycles. The van der Waals surface area contributed by atoms with Crippen molar-refractivity contribution in [2.24, 2.45) is 5.92 Å². The number of hydrogen-bond acceptors (Lipinski definition) is 6. The molecule has 2 heterocycles. The maximum Gasteiger partial charge on any atom is 0.248 e. The van der Waals surface area contributed by atoms with Crippen LogP contribution >= 0.6 is 0 Å². The van der Waals surface area contributed by atoms with Crippen molar-refractivity contribution >= 4 is 17.5 Å². The van der Waals surface area contributed by atoms with Gasteiger partial charge in [-0.25, -0.2) is 14.3 Å². The molecule has 0 radical (unpaired) electrons. The molecule has 2 fully saturated rings. The third kappa shape index (κ3) is 5.13. The Kier molecular flexibility index (Phi) is 7.28. The lowest BCUT2D eigenvalue weighted by Crippen LogP contribution is -2.62. The molecule has 34 heavy (non-hydrogen) atoms. The predicted octanol–water partition coefficient (Wildman–Crippen LogP) is 1.89. The van der Waals surface area contributed by atoms with Crippen LogP contribution in [0.2, 0.25) is 0 Å². The topological polar surface area (TPSA) is 85.3 Å². The maximum atomic E-state index is 13.6. The molecule has 0 spiro atoms. The van der Waals surface area contributed by atoms with Gasteiger partial charge in [-0.1, -0.05) is 18.2 Å². The number of carbonyl (C=O) groups is 2. The Morgan fingerprint density at radius 3 is 2.38 bits per heavy atom. The molecule has 2 aromatic carbocycles. The summed E-state index contributed by atoms with van der Waals surface area (Å²) in [4.78, 5) is 31.6. The van der Waals surface area contributed by atoms with Gasteiger partial charge in [-0.15, -0.1) is 0 Å². The molecule has 0 saturated carbocycles. The highest BCUT2D eigenvalue weighted by Crippen LogP contribution is 2.29. The average Bonchev–Trinajstić information content (AvgIpc) is 2.85. The van der Waals surface area contributed by atoms with Gasteiger partial charge in [-0.05, 0) is 37.7 Å². The standard InChI is InChI=1S/C24H28F2N4O4/c1-28-15-18(34-17-7-8-20(25)21(26)14-17)13-19(23(31)27-33)22(28)24(32)30-11-9-29(10-12-30)16-5-3-2-4-6-16/h2-8,14,18-19,22,33H,9-13,15H2,1H3,(H,27,31)/t18-,19?,22?/m0/s1. The zero-order chi connectivity index (χ0) is 24.2. The second-order valence-corrected chi connectivity index (χ2v) is 8.67. The molecule has 2 unspecified atom stereocenters. The molecular formula is C24H28F2N4O4. The number of ether oxygens (including phenoxy) is 1. The van der Waals surface area contributed by atoms with Crippen molar-refractivity contribution in [2.75, 3.05) is 44.7 Å². The minimum absolute atomic E-state index is 0.127. The zero-order valence-electron chi connectivity index (χ0n) is 18.9. The van der Waals surface area contributed by atoms with Gasteiger partial charge in [0.1, 0.15) is 17.9 Å². The number of halogens is 2. The Morgan fingerprint density at radius 2 is 1.74 bits per heavy atom. The number of piperazine rings is 1. The molecule has 4 rings (SSSR count). The maximum absolute atomic E-state index is 13.6. The lowest BCUT2D eigenvalue weighted by molar-refractivity contribution is -0.151. The smallest absolute Gasteiger partial charge is 0.248 e. The molecule has 0 bridgehead atoms. The molecular weight excluding hydrogens is 446 g/mol. The van der Waals surface area contributed by atoms with Crippen LogP contribution in [0.1, 0.15) is 6.42 Å². The quantitative estimate of drug-likeness (QED) is 0.509. The molecule has 2 amide bonds. The minimum atomic E-state index is -1.03. The highest BCUT2D eigenvalue weighted by Gasteiger charge is 2.45. The van der Waals surface area contributed by atoms with E-state index in [9.17, 15) is 23.6 Å². The summed E-state index contributed by atoms with van der Waals surface area (Å²) >= 11 is 0. The molecule has 2 aromatic rings. The number of carbonyl (C=O) groups excluding carboxylic acids is 2. The second-order valence-electron chi connectivity index (χ2n) is 8.67. The first kappa shape index (κ1) is 23.9. The van der Waals surface area contributed by atoms with Crippen LogP contribution in [0, 0.1) is 17.6 Å². The van der Waals surface area contributed by atoms with Crippen LogP contribution in [0.4, 0.5) is 14.5 Å². The fourth-order valence-corrected chi connectivity index (χ4v) is 4.76. The Balaban J connectivity index is 1.44. The normalized spacial score (nSPS) is 23.5. The van der Waals surface area contributed by atoms with Crippen molar-refractivity contribution in [3.63, 3.8) is 0 Å². The Hall–Kier alpha value is -3.24. The monoisotopic (exact) mass is 474 g/mol. The molecule has 0 aliphatic carbocycles. The summed E-state index contributed by atoms with van der Waals surface area (Å²) in [6, 6.07) is 12.4. The van der Waals surface area contributed by atoms with Crippen molar-refractivity contribution in [1.29, 1.82) is 0 Å². The van der Waals surface area contributed by atoms with Gasteiger partial charge in [0.2, 0.25) is 11.8 Å². The lowest BCUT2D eigenvalue weighted by Gasteiger charge is -2.44. The second kappa shape index (κ2) is 10.4. The number of rotatable bonds is 5. The number of hydrogen-bond donors (Lipinski definition) is 2. The van der Waals surface area contributed by atoms with E-state index in [1.54, 1.807) is 22.3 Å². The lowest BCUT2D eigenvalue weighted by atomic mass is 9.86. The number of hydroxylamine groups is 1. The van der Waals surface area contributed by atoms with Gasteiger partial charge in [0.15, 0.2) is 11.6 Å². The number of amides is 2. The summed E-state index contributed by atoms with van der Waals surface area (Å²) in [5.41, 5.74) is 2.76. The van der Waals surface area contributed by atoms with Gasteiger partial charge in [0, 0.05) is 44.5 Å². The van der Waals surface area contributed by atoms with E-state index in [1.807, 2.05) is 30.3 Å². The van der Waals surface area contributed by atoms with Crippen LogP contribution < -0.4 is 15.1 Å². The van der Waals surface area contributed by atoms with Crippen LogP contribution in [0.15, 0.2) is 48.5 Å². The largest absolute Gasteiger partial charge is 0.489 e. The number of anilines is 1. The fraction of sp³-hybridized carbons (Fsp3) is 0.417. The minimum Gasteiger partial charge on any atom is -0.489 e. The van der Waals surface area contributed by atoms with E-state index in [0.29, 0.717) is 32.7 Å². The average molecular weight is 475 g/mol. The highest BCUT2D eigenvalue weighted by molar-refractivity contribution is 5.90. The van der Waals surface area contributed by atoms with Gasteiger partial charge >= 0.3 is 0 Å².